The molecule has 1 fully saturated rings. The number of carbonyl (C=O) groups is 2. The Bertz CT molecular complexity index is 699. The molecule has 1 atom stereocenters. The van der Waals surface area contributed by atoms with E-state index in [0.717, 1.165) is 30.1 Å². The van der Waals surface area contributed by atoms with E-state index in [-0.39, 0.29) is 18.2 Å². The number of aromatic nitrogens is 1. The summed E-state index contributed by atoms with van der Waals surface area (Å²) in [5.41, 5.74) is 5.87. The fourth-order valence-corrected chi connectivity index (χ4v) is 4.51. The molecule has 0 radical (unpaired) electrons. The molecule has 2 amide bonds. The SMILES string of the molecule is Cc1csc(CC(=O)NNC(=O)CN2CCC[C@@H]2c2cccs2)n1. The molecule has 128 valence electrons. The van der Waals surface area contributed by atoms with Crippen molar-refractivity contribution in [1.29, 1.82) is 0 Å². The lowest BCUT2D eigenvalue weighted by molar-refractivity contribution is -0.129. The number of thiazole rings is 1. The molecular weight excluding hydrogens is 344 g/mol. The number of likely N-dealkylation sites (tertiary alicyclic amines) is 1. The van der Waals surface area contributed by atoms with E-state index < -0.39 is 0 Å². The maximum Gasteiger partial charge on any atom is 0.252 e. The topological polar surface area (TPSA) is 74.3 Å². The number of rotatable bonds is 5. The molecule has 24 heavy (non-hydrogen) atoms. The van der Waals surface area contributed by atoms with Gasteiger partial charge in [-0.05, 0) is 37.8 Å². The van der Waals surface area contributed by atoms with Crippen molar-refractivity contribution in [3.8, 4) is 0 Å². The van der Waals surface area contributed by atoms with Gasteiger partial charge in [0.25, 0.3) is 5.91 Å². The molecule has 8 heteroatoms. The fourth-order valence-electron chi connectivity index (χ4n) is 2.85. The first-order chi connectivity index (χ1) is 11.6. The molecule has 2 aromatic rings. The summed E-state index contributed by atoms with van der Waals surface area (Å²) in [6.45, 7) is 3.08. The molecule has 2 N–H and O–H groups in total. The molecule has 2 aromatic heterocycles. The Morgan fingerprint density at radius 3 is 2.88 bits per heavy atom. The minimum atomic E-state index is -0.256. The quantitative estimate of drug-likeness (QED) is 0.796. The van der Waals surface area contributed by atoms with Crippen LogP contribution in [0.2, 0.25) is 0 Å². The molecule has 1 saturated heterocycles. The summed E-state index contributed by atoms with van der Waals surface area (Å²) < 4.78 is 0. The predicted molar refractivity (Wildman–Crippen MR) is 94.7 cm³/mol. The number of carbonyl (C=O) groups excluding carboxylic acids is 2. The molecule has 0 unspecified atom stereocenters. The van der Waals surface area contributed by atoms with E-state index in [1.165, 1.54) is 16.2 Å². The third kappa shape index (κ3) is 4.40. The highest BCUT2D eigenvalue weighted by molar-refractivity contribution is 7.10. The zero-order valence-corrected chi connectivity index (χ0v) is 15.1. The summed E-state index contributed by atoms with van der Waals surface area (Å²) in [4.78, 5) is 31.6. The van der Waals surface area contributed by atoms with Crippen molar-refractivity contribution in [2.75, 3.05) is 13.1 Å². The molecular formula is C16H20N4O2S2. The molecule has 0 aromatic carbocycles. The van der Waals surface area contributed by atoms with E-state index in [0.29, 0.717) is 12.6 Å². The summed E-state index contributed by atoms with van der Waals surface area (Å²) in [6.07, 6.45) is 2.34. The lowest BCUT2D eigenvalue weighted by Crippen LogP contribution is -2.46. The molecule has 0 spiro atoms. The average molecular weight is 364 g/mol. The zero-order valence-electron chi connectivity index (χ0n) is 13.4. The van der Waals surface area contributed by atoms with E-state index in [9.17, 15) is 9.59 Å². The molecule has 0 aliphatic carbocycles. The summed E-state index contributed by atoms with van der Waals surface area (Å²) in [6, 6.07) is 4.46. The van der Waals surface area contributed by atoms with Gasteiger partial charge in [-0.2, -0.15) is 0 Å². The fraction of sp³-hybridized carbons (Fsp3) is 0.438. The van der Waals surface area contributed by atoms with Crippen molar-refractivity contribution < 1.29 is 9.59 Å². The third-order valence-corrected chi connectivity index (χ3v) is 5.84. The van der Waals surface area contributed by atoms with E-state index in [1.54, 1.807) is 11.3 Å². The van der Waals surface area contributed by atoms with Gasteiger partial charge in [0.05, 0.1) is 13.0 Å². The van der Waals surface area contributed by atoms with Gasteiger partial charge in [0.15, 0.2) is 0 Å². The zero-order chi connectivity index (χ0) is 16.9. The summed E-state index contributed by atoms with van der Waals surface area (Å²) in [7, 11) is 0. The predicted octanol–water partition coefficient (Wildman–Crippen LogP) is 2.04. The van der Waals surface area contributed by atoms with Gasteiger partial charge >= 0.3 is 0 Å². The third-order valence-electron chi connectivity index (χ3n) is 3.90. The molecule has 1 aliphatic rings. The van der Waals surface area contributed by atoms with Crippen LogP contribution in [0.3, 0.4) is 0 Å². The Morgan fingerprint density at radius 2 is 2.17 bits per heavy atom. The molecule has 1 aliphatic heterocycles. The highest BCUT2D eigenvalue weighted by atomic mass is 32.1. The highest BCUT2D eigenvalue weighted by Gasteiger charge is 2.28. The van der Waals surface area contributed by atoms with Gasteiger partial charge in [0.1, 0.15) is 5.01 Å². The minimum absolute atomic E-state index is 0.181. The van der Waals surface area contributed by atoms with Crippen molar-refractivity contribution in [3.05, 3.63) is 38.5 Å². The summed E-state index contributed by atoms with van der Waals surface area (Å²) >= 11 is 3.17. The monoisotopic (exact) mass is 364 g/mol. The maximum atomic E-state index is 12.1. The molecule has 3 heterocycles. The molecule has 3 rings (SSSR count). The van der Waals surface area contributed by atoms with Gasteiger partial charge in [-0.1, -0.05) is 6.07 Å². The summed E-state index contributed by atoms with van der Waals surface area (Å²) in [5.74, 6) is -0.448. The summed E-state index contributed by atoms with van der Waals surface area (Å²) in [5, 5.41) is 4.71. The first-order valence-electron chi connectivity index (χ1n) is 7.88. The lowest BCUT2D eigenvalue weighted by atomic mass is 10.2. The molecule has 0 bridgehead atoms. The van der Waals surface area contributed by atoms with Crippen LogP contribution < -0.4 is 10.9 Å². The number of hydrogen-bond donors (Lipinski definition) is 2. The van der Waals surface area contributed by atoms with Gasteiger partial charge in [-0.15, -0.1) is 22.7 Å². The van der Waals surface area contributed by atoms with Crippen LogP contribution in [-0.2, 0) is 16.0 Å². The van der Waals surface area contributed by atoms with Crippen LogP contribution in [-0.4, -0.2) is 34.8 Å². The van der Waals surface area contributed by atoms with Crippen LogP contribution in [0.25, 0.3) is 0 Å². The van der Waals surface area contributed by atoms with Crippen molar-refractivity contribution >= 4 is 34.5 Å². The Morgan fingerprint density at radius 1 is 1.33 bits per heavy atom. The number of thiophene rings is 1. The number of amides is 2. The first kappa shape index (κ1) is 17.1. The Hall–Kier alpha value is -1.77. The smallest absolute Gasteiger partial charge is 0.252 e. The normalized spacial score (nSPS) is 17.8. The second-order valence-electron chi connectivity index (χ2n) is 5.80. The second-order valence-corrected chi connectivity index (χ2v) is 7.72. The second kappa shape index (κ2) is 7.87. The van der Waals surface area contributed by atoms with E-state index in [4.69, 9.17) is 0 Å². The highest BCUT2D eigenvalue weighted by Crippen LogP contribution is 2.33. The molecule has 0 saturated carbocycles. The van der Waals surface area contributed by atoms with E-state index >= 15 is 0 Å². The van der Waals surface area contributed by atoms with E-state index in [1.807, 2.05) is 18.4 Å². The number of aryl methyl sites for hydroxylation is 1. The first-order valence-corrected chi connectivity index (χ1v) is 9.64. The number of nitrogens with one attached hydrogen (secondary N) is 2. The number of nitrogens with zero attached hydrogens (tertiary/aromatic N) is 2. The van der Waals surface area contributed by atoms with Crippen molar-refractivity contribution in [3.63, 3.8) is 0 Å². The number of hydrogen-bond acceptors (Lipinski definition) is 6. The van der Waals surface area contributed by atoms with Crippen LogP contribution >= 0.6 is 22.7 Å². The van der Waals surface area contributed by atoms with Crippen LogP contribution in [0, 0.1) is 6.92 Å². The van der Waals surface area contributed by atoms with Gasteiger partial charge in [-0.25, -0.2) is 4.98 Å². The average Bonchev–Trinajstić information content (AvgIpc) is 3.27. The van der Waals surface area contributed by atoms with Crippen LogP contribution in [0.15, 0.2) is 22.9 Å². The van der Waals surface area contributed by atoms with Crippen molar-refractivity contribution in [2.45, 2.75) is 32.2 Å². The largest absolute Gasteiger partial charge is 0.287 e. The van der Waals surface area contributed by atoms with Gasteiger partial charge in [0.2, 0.25) is 5.91 Å². The minimum Gasteiger partial charge on any atom is -0.287 e. The van der Waals surface area contributed by atoms with Crippen LogP contribution in [0.4, 0.5) is 0 Å². The van der Waals surface area contributed by atoms with Crippen LogP contribution in [0.1, 0.15) is 34.5 Å². The Kier molecular flexibility index (Phi) is 5.60. The van der Waals surface area contributed by atoms with Gasteiger partial charge in [-0.3, -0.25) is 25.3 Å². The van der Waals surface area contributed by atoms with Crippen molar-refractivity contribution in [2.24, 2.45) is 0 Å². The van der Waals surface area contributed by atoms with Crippen LogP contribution in [0.5, 0.6) is 0 Å². The van der Waals surface area contributed by atoms with Crippen molar-refractivity contribution in [1.82, 2.24) is 20.7 Å². The standard InChI is InChI=1S/C16H20N4O2S2/c1-11-10-24-16(17-11)8-14(21)18-19-15(22)9-20-6-2-4-12(20)13-5-3-7-23-13/h3,5,7,10,12H,2,4,6,8-9H2,1H3,(H,18,21)(H,19,22)/t12-/m1/s1. The lowest BCUT2D eigenvalue weighted by Gasteiger charge is -2.22. The van der Waals surface area contributed by atoms with Gasteiger partial charge in [0, 0.05) is 22.0 Å². The van der Waals surface area contributed by atoms with Gasteiger partial charge < -0.3 is 0 Å². The molecule has 6 nitrogen and oxygen atoms in total. The Balaban J connectivity index is 1.44. The number of hydrazine groups is 1. The Labute approximate surface area is 148 Å². The maximum absolute atomic E-state index is 12.1. The van der Waals surface area contributed by atoms with E-state index in [2.05, 4.69) is 32.2 Å².